The van der Waals surface area contributed by atoms with Gasteiger partial charge in [0.05, 0.1) is 6.54 Å². The molecular formula is C14H19N3O. The molecule has 0 aliphatic rings. The molecule has 0 amide bonds. The fourth-order valence-corrected chi connectivity index (χ4v) is 1.65. The van der Waals surface area contributed by atoms with Gasteiger partial charge in [-0.3, -0.25) is 0 Å². The minimum absolute atomic E-state index is 0.274. The lowest BCUT2D eigenvalue weighted by Crippen LogP contribution is -2.31. The average molecular weight is 245 g/mol. The quantitative estimate of drug-likeness (QED) is 0.821. The predicted molar refractivity (Wildman–Crippen MR) is 71.6 cm³/mol. The number of aromatic amines is 1. The Morgan fingerprint density at radius 2 is 2.33 bits per heavy atom. The average Bonchev–Trinajstić information content (AvgIpc) is 2.87. The van der Waals surface area contributed by atoms with E-state index in [2.05, 4.69) is 35.2 Å². The zero-order valence-electron chi connectivity index (χ0n) is 10.8. The lowest BCUT2D eigenvalue weighted by molar-refractivity contribution is 0.271. The number of rotatable bonds is 6. The molecule has 2 rings (SSSR count). The van der Waals surface area contributed by atoms with Crippen molar-refractivity contribution in [2.24, 2.45) is 0 Å². The number of nitrogens with one attached hydrogen (secondary N) is 2. The van der Waals surface area contributed by atoms with Crippen LogP contribution in [0.15, 0.2) is 36.7 Å². The number of aromatic nitrogens is 2. The maximum atomic E-state index is 5.73. The van der Waals surface area contributed by atoms with Gasteiger partial charge in [0.25, 0.3) is 0 Å². The van der Waals surface area contributed by atoms with Crippen molar-refractivity contribution in [3.05, 3.63) is 48.0 Å². The van der Waals surface area contributed by atoms with Crippen molar-refractivity contribution >= 4 is 0 Å². The molecule has 1 aromatic heterocycles. The van der Waals surface area contributed by atoms with Crippen molar-refractivity contribution in [1.29, 1.82) is 0 Å². The van der Waals surface area contributed by atoms with Gasteiger partial charge in [0.1, 0.15) is 18.2 Å². The summed E-state index contributed by atoms with van der Waals surface area (Å²) in [5.41, 5.74) is 1.21. The fourth-order valence-electron chi connectivity index (χ4n) is 1.65. The van der Waals surface area contributed by atoms with E-state index in [0.29, 0.717) is 6.61 Å². The molecule has 0 saturated heterocycles. The molecule has 2 aromatic rings. The number of nitrogens with zero attached hydrogens (tertiary/aromatic N) is 1. The van der Waals surface area contributed by atoms with Gasteiger partial charge in [0, 0.05) is 18.4 Å². The standard InChI is InChI=1S/C14H19N3O/c1-11-4-3-5-13(8-11)18-10-12(2)17-9-14-15-6-7-16-14/h3-8,12,17H,9-10H2,1-2H3,(H,15,16). The second kappa shape index (κ2) is 6.21. The number of hydrogen-bond acceptors (Lipinski definition) is 3. The van der Waals surface area contributed by atoms with Crippen LogP contribution in [-0.4, -0.2) is 22.6 Å². The maximum absolute atomic E-state index is 5.73. The second-order valence-electron chi connectivity index (χ2n) is 4.45. The van der Waals surface area contributed by atoms with Crippen molar-refractivity contribution < 1.29 is 4.74 Å². The zero-order valence-corrected chi connectivity index (χ0v) is 10.8. The topological polar surface area (TPSA) is 49.9 Å². The molecule has 0 aliphatic heterocycles. The van der Waals surface area contributed by atoms with Crippen LogP contribution in [0, 0.1) is 6.92 Å². The van der Waals surface area contributed by atoms with Gasteiger partial charge >= 0.3 is 0 Å². The molecule has 0 radical (unpaired) electrons. The van der Waals surface area contributed by atoms with Gasteiger partial charge in [0.15, 0.2) is 0 Å². The molecule has 0 bridgehead atoms. The molecule has 4 nitrogen and oxygen atoms in total. The summed E-state index contributed by atoms with van der Waals surface area (Å²) in [6.07, 6.45) is 3.58. The van der Waals surface area contributed by atoms with Gasteiger partial charge in [-0.2, -0.15) is 0 Å². The first-order valence-corrected chi connectivity index (χ1v) is 6.15. The van der Waals surface area contributed by atoms with E-state index >= 15 is 0 Å². The minimum Gasteiger partial charge on any atom is -0.492 e. The lowest BCUT2D eigenvalue weighted by atomic mass is 10.2. The van der Waals surface area contributed by atoms with Crippen LogP contribution >= 0.6 is 0 Å². The van der Waals surface area contributed by atoms with E-state index in [-0.39, 0.29) is 6.04 Å². The van der Waals surface area contributed by atoms with Crippen LogP contribution in [0.25, 0.3) is 0 Å². The van der Waals surface area contributed by atoms with E-state index in [1.54, 1.807) is 6.20 Å². The van der Waals surface area contributed by atoms with Crippen molar-refractivity contribution in [2.75, 3.05) is 6.61 Å². The van der Waals surface area contributed by atoms with E-state index in [9.17, 15) is 0 Å². The molecule has 96 valence electrons. The largest absolute Gasteiger partial charge is 0.492 e. The van der Waals surface area contributed by atoms with Gasteiger partial charge in [0.2, 0.25) is 0 Å². The van der Waals surface area contributed by atoms with E-state index in [0.717, 1.165) is 18.1 Å². The van der Waals surface area contributed by atoms with Gasteiger partial charge in [-0.1, -0.05) is 12.1 Å². The molecule has 1 atom stereocenters. The summed E-state index contributed by atoms with van der Waals surface area (Å²) in [7, 11) is 0. The Hall–Kier alpha value is -1.81. The fraction of sp³-hybridized carbons (Fsp3) is 0.357. The number of hydrogen-bond donors (Lipinski definition) is 2. The summed E-state index contributed by atoms with van der Waals surface area (Å²) in [5, 5.41) is 3.35. The molecular weight excluding hydrogens is 226 g/mol. The highest BCUT2D eigenvalue weighted by molar-refractivity contribution is 5.27. The first-order valence-electron chi connectivity index (χ1n) is 6.15. The summed E-state index contributed by atoms with van der Waals surface area (Å²) < 4.78 is 5.73. The smallest absolute Gasteiger partial charge is 0.120 e. The number of imidazole rings is 1. The summed E-state index contributed by atoms with van der Waals surface area (Å²) in [5.74, 6) is 1.86. The highest BCUT2D eigenvalue weighted by Crippen LogP contribution is 2.12. The van der Waals surface area contributed by atoms with Crippen LogP contribution in [0.1, 0.15) is 18.3 Å². The molecule has 0 fully saturated rings. The summed E-state index contributed by atoms with van der Waals surface area (Å²) >= 11 is 0. The van der Waals surface area contributed by atoms with Crippen molar-refractivity contribution in [2.45, 2.75) is 26.4 Å². The van der Waals surface area contributed by atoms with E-state index in [1.165, 1.54) is 5.56 Å². The lowest BCUT2D eigenvalue weighted by Gasteiger charge is -2.14. The highest BCUT2D eigenvalue weighted by Gasteiger charge is 2.03. The molecule has 0 spiro atoms. The van der Waals surface area contributed by atoms with Gasteiger partial charge < -0.3 is 15.0 Å². The molecule has 2 N–H and O–H groups in total. The molecule has 0 aliphatic carbocycles. The third-order valence-electron chi connectivity index (χ3n) is 2.66. The van der Waals surface area contributed by atoms with Crippen LogP contribution in [0.2, 0.25) is 0 Å². The number of aryl methyl sites for hydroxylation is 1. The highest BCUT2D eigenvalue weighted by atomic mass is 16.5. The summed E-state index contributed by atoms with van der Waals surface area (Å²) in [4.78, 5) is 7.22. The van der Waals surface area contributed by atoms with E-state index in [1.807, 2.05) is 24.4 Å². The monoisotopic (exact) mass is 245 g/mol. The van der Waals surface area contributed by atoms with Gasteiger partial charge in [-0.25, -0.2) is 4.98 Å². The summed E-state index contributed by atoms with van der Waals surface area (Å²) in [6.45, 7) is 5.53. The van der Waals surface area contributed by atoms with Crippen LogP contribution in [0.5, 0.6) is 5.75 Å². The third kappa shape index (κ3) is 3.89. The molecule has 4 heteroatoms. The zero-order chi connectivity index (χ0) is 12.8. The minimum atomic E-state index is 0.274. The predicted octanol–water partition coefficient (Wildman–Crippen LogP) is 2.28. The van der Waals surface area contributed by atoms with E-state index < -0.39 is 0 Å². The SMILES string of the molecule is Cc1cccc(OCC(C)NCc2ncc[nH]2)c1. The molecule has 1 heterocycles. The molecule has 1 unspecified atom stereocenters. The molecule has 0 saturated carbocycles. The maximum Gasteiger partial charge on any atom is 0.120 e. The second-order valence-corrected chi connectivity index (χ2v) is 4.45. The Morgan fingerprint density at radius 3 is 3.06 bits per heavy atom. The Labute approximate surface area is 107 Å². The molecule has 1 aromatic carbocycles. The van der Waals surface area contributed by atoms with Crippen molar-refractivity contribution in [1.82, 2.24) is 15.3 Å². The first kappa shape index (κ1) is 12.6. The van der Waals surface area contributed by atoms with Crippen LogP contribution in [0.4, 0.5) is 0 Å². The normalized spacial score (nSPS) is 12.3. The first-order chi connectivity index (χ1) is 8.74. The van der Waals surface area contributed by atoms with Gasteiger partial charge in [-0.05, 0) is 31.5 Å². The van der Waals surface area contributed by atoms with Crippen LogP contribution in [-0.2, 0) is 6.54 Å². The number of benzene rings is 1. The number of ether oxygens (including phenoxy) is 1. The summed E-state index contributed by atoms with van der Waals surface area (Å²) in [6, 6.07) is 8.36. The Kier molecular flexibility index (Phi) is 4.36. The van der Waals surface area contributed by atoms with Gasteiger partial charge in [-0.15, -0.1) is 0 Å². The Morgan fingerprint density at radius 1 is 1.44 bits per heavy atom. The van der Waals surface area contributed by atoms with Crippen molar-refractivity contribution in [3.63, 3.8) is 0 Å². The Bertz CT molecular complexity index is 468. The van der Waals surface area contributed by atoms with Crippen LogP contribution < -0.4 is 10.1 Å². The van der Waals surface area contributed by atoms with Crippen molar-refractivity contribution in [3.8, 4) is 5.75 Å². The van der Waals surface area contributed by atoms with Crippen LogP contribution in [0.3, 0.4) is 0 Å². The third-order valence-corrected chi connectivity index (χ3v) is 2.66. The van der Waals surface area contributed by atoms with E-state index in [4.69, 9.17) is 4.74 Å². The molecule has 18 heavy (non-hydrogen) atoms. The number of H-pyrrole nitrogens is 1. The Balaban J connectivity index is 1.73.